The molecule has 1 amide bonds. The SMILES string of the molecule is CCc1cccc2c(C(CC(=O)NCCN(C)C)c3ccc4c(c3)OCO4)c[nH]c12. The predicted octanol–water partition coefficient (Wildman–Crippen LogP) is 3.66. The normalized spacial score (nSPS) is 13.7. The number of benzene rings is 2. The highest BCUT2D eigenvalue weighted by molar-refractivity contribution is 5.88. The van der Waals surface area contributed by atoms with E-state index >= 15 is 0 Å². The Balaban J connectivity index is 1.68. The van der Waals surface area contributed by atoms with Gasteiger partial charge in [0.15, 0.2) is 11.5 Å². The lowest BCUT2D eigenvalue weighted by Crippen LogP contribution is -2.32. The molecule has 2 heterocycles. The van der Waals surface area contributed by atoms with Crippen molar-refractivity contribution in [1.82, 2.24) is 15.2 Å². The summed E-state index contributed by atoms with van der Waals surface area (Å²) >= 11 is 0. The first-order valence-electron chi connectivity index (χ1n) is 10.5. The van der Waals surface area contributed by atoms with Crippen LogP contribution >= 0.6 is 0 Å². The summed E-state index contributed by atoms with van der Waals surface area (Å²) in [5.74, 6) is 1.44. The van der Waals surface area contributed by atoms with Crippen LogP contribution in [0.1, 0.15) is 36.0 Å². The first-order valence-corrected chi connectivity index (χ1v) is 10.5. The molecule has 1 aliphatic heterocycles. The molecule has 6 heteroatoms. The van der Waals surface area contributed by atoms with Gasteiger partial charge in [0.05, 0.1) is 0 Å². The zero-order valence-electron chi connectivity index (χ0n) is 17.8. The second kappa shape index (κ2) is 8.79. The van der Waals surface area contributed by atoms with E-state index in [1.54, 1.807) is 0 Å². The van der Waals surface area contributed by atoms with Crippen molar-refractivity contribution in [2.24, 2.45) is 0 Å². The van der Waals surface area contributed by atoms with Crippen molar-refractivity contribution in [3.63, 3.8) is 0 Å². The highest BCUT2D eigenvalue weighted by atomic mass is 16.7. The molecule has 4 rings (SSSR count). The first-order chi connectivity index (χ1) is 14.6. The summed E-state index contributed by atoms with van der Waals surface area (Å²) in [5.41, 5.74) is 4.60. The van der Waals surface area contributed by atoms with Gasteiger partial charge in [-0.3, -0.25) is 4.79 Å². The Kier molecular flexibility index (Phi) is 5.95. The van der Waals surface area contributed by atoms with Crippen molar-refractivity contribution in [3.8, 4) is 11.5 Å². The fraction of sp³-hybridized carbons (Fsp3) is 0.375. The molecule has 1 atom stereocenters. The zero-order valence-corrected chi connectivity index (χ0v) is 17.8. The van der Waals surface area contributed by atoms with Crippen LogP contribution in [0.15, 0.2) is 42.6 Å². The van der Waals surface area contributed by atoms with Crippen LogP contribution in [0.5, 0.6) is 11.5 Å². The Hall–Kier alpha value is -2.99. The lowest BCUT2D eigenvalue weighted by Gasteiger charge is -2.18. The van der Waals surface area contributed by atoms with Crippen molar-refractivity contribution in [1.29, 1.82) is 0 Å². The van der Waals surface area contributed by atoms with Crippen LogP contribution < -0.4 is 14.8 Å². The van der Waals surface area contributed by atoms with Crippen LogP contribution in [0, 0.1) is 0 Å². The molecule has 0 radical (unpaired) electrons. The molecule has 1 unspecified atom stereocenters. The highest BCUT2D eigenvalue weighted by Crippen LogP contribution is 2.39. The van der Waals surface area contributed by atoms with Gasteiger partial charge >= 0.3 is 0 Å². The molecule has 3 aromatic rings. The average molecular weight is 408 g/mol. The number of amides is 1. The maximum atomic E-state index is 12.8. The monoisotopic (exact) mass is 407 g/mol. The minimum absolute atomic E-state index is 0.0421. The van der Waals surface area contributed by atoms with Gasteiger partial charge in [0.2, 0.25) is 12.7 Å². The topological polar surface area (TPSA) is 66.6 Å². The van der Waals surface area contributed by atoms with Crippen LogP contribution in [0.25, 0.3) is 10.9 Å². The van der Waals surface area contributed by atoms with Crippen molar-refractivity contribution < 1.29 is 14.3 Å². The Morgan fingerprint density at radius 3 is 2.83 bits per heavy atom. The van der Waals surface area contributed by atoms with E-state index in [1.165, 1.54) is 5.56 Å². The Bertz CT molecular complexity index is 1040. The van der Waals surface area contributed by atoms with Crippen LogP contribution in [0.4, 0.5) is 0 Å². The number of fused-ring (bicyclic) bond motifs is 2. The largest absolute Gasteiger partial charge is 0.454 e. The van der Waals surface area contributed by atoms with E-state index in [1.807, 2.05) is 38.5 Å². The predicted molar refractivity (Wildman–Crippen MR) is 118 cm³/mol. The van der Waals surface area contributed by atoms with Crippen molar-refractivity contribution in [3.05, 3.63) is 59.3 Å². The number of rotatable bonds is 8. The van der Waals surface area contributed by atoms with Crippen LogP contribution in [0.3, 0.4) is 0 Å². The maximum Gasteiger partial charge on any atom is 0.231 e. The molecule has 2 aromatic carbocycles. The minimum Gasteiger partial charge on any atom is -0.454 e. The van der Waals surface area contributed by atoms with Crippen LogP contribution in [-0.2, 0) is 11.2 Å². The number of aromatic amines is 1. The summed E-state index contributed by atoms with van der Waals surface area (Å²) < 4.78 is 11.1. The Morgan fingerprint density at radius 1 is 1.20 bits per heavy atom. The van der Waals surface area contributed by atoms with Gasteiger partial charge in [0.1, 0.15) is 0 Å². The number of carbonyl (C=O) groups excluding carboxylic acids is 1. The van der Waals surface area contributed by atoms with Crippen molar-refractivity contribution >= 4 is 16.8 Å². The molecule has 0 saturated heterocycles. The molecule has 1 aliphatic rings. The Morgan fingerprint density at radius 2 is 2.03 bits per heavy atom. The number of H-pyrrole nitrogens is 1. The van der Waals surface area contributed by atoms with E-state index < -0.39 is 0 Å². The third-order valence-corrected chi connectivity index (χ3v) is 5.66. The summed E-state index contributed by atoms with van der Waals surface area (Å²) in [6.07, 6.45) is 3.37. The highest BCUT2D eigenvalue weighted by Gasteiger charge is 2.24. The second-order valence-corrected chi connectivity index (χ2v) is 7.96. The third kappa shape index (κ3) is 4.14. The van der Waals surface area contributed by atoms with E-state index in [0.29, 0.717) is 13.0 Å². The Labute approximate surface area is 177 Å². The number of aryl methyl sites for hydroxylation is 1. The second-order valence-electron chi connectivity index (χ2n) is 7.96. The molecule has 2 N–H and O–H groups in total. The molecule has 6 nitrogen and oxygen atoms in total. The summed E-state index contributed by atoms with van der Waals surface area (Å²) in [4.78, 5) is 18.3. The summed E-state index contributed by atoms with van der Waals surface area (Å²) in [7, 11) is 4.00. The van der Waals surface area contributed by atoms with Crippen molar-refractivity contribution in [2.45, 2.75) is 25.7 Å². The summed E-state index contributed by atoms with van der Waals surface area (Å²) in [5, 5.41) is 4.22. The van der Waals surface area contributed by atoms with Gasteiger partial charge < -0.3 is 24.7 Å². The minimum atomic E-state index is -0.0836. The lowest BCUT2D eigenvalue weighted by molar-refractivity contribution is -0.121. The quantitative estimate of drug-likeness (QED) is 0.598. The molecule has 0 fully saturated rings. The molecule has 30 heavy (non-hydrogen) atoms. The molecule has 1 aromatic heterocycles. The molecule has 158 valence electrons. The van der Waals surface area contributed by atoms with E-state index in [4.69, 9.17) is 9.47 Å². The van der Waals surface area contributed by atoms with Gasteiger partial charge in [0, 0.05) is 42.5 Å². The fourth-order valence-corrected chi connectivity index (χ4v) is 4.04. The molecule has 0 saturated carbocycles. The number of likely N-dealkylation sites (N-methyl/N-ethyl adjacent to an activating group) is 1. The number of hydrogen-bond acceptors (Lipinski definition) is 4. The van der Waals surface area contributed by atoms with Crippen LogP contribution in [0.2, 0.25) is 0 Å². The van der Waals surface area contributed by atoms with Gasteiger partial charge in [-0.25, -0.2) is 0 Å². The van der Waals surface area contributed by atoms with Gasteiger partial charge in [-0.15, -0.1) is 0 Å². The van der Waals surface area contributed by atoms with Gasteiger partial charge in [-0.2, -0.15) is 0 Å². The number of nitrogens with one attached hydrogen (secondary N) is 2. The number of para-hydroxylation sites is 1. The van der Waals surface area contributed by atoms with Gasteiger partial charge in [0.25, 0.3) is 0 Å². The van der Waals surface area contributed by atoms with Gasteiger partial charge in [-0.05, 0) is 49.3 Å². The average Bonchev–Trinajstić information content (AvgIpc) is 3.38. The molecule has 0 aliphatic carbocycles. The standard InChI is InChI=1S/C24H29N3O3/c1-4-16-6-5-7-18-20(14-26-24(16)18)19(13-23(28)25-10-11-27(2)3)17-8-9-21-22(12-17)30-15-29-21/h5-9,12,14,19,26H,4,10-11,13,15H2,1-3H3,(H,25,28). The first kappa shape index (κ1) is 20.3. The number of nitrogens with zero attached hydrogens (tertiary/aromatic N) is 1. The van der Waals surface area contributed by atoms with E-state index in [2.05, 4.69) is 40.3 Å². The van der Waals surface area contributed by atoms with Gasteiger partial charge in [-0.1, -0.05) is 31.2 Å². The van der Waals surface area contributed by atoms with E-state index in [9.17, 15) is 4.79 Å². The summed E-state index contributed by atoms with van der Waals surface area (Å²) in [6, 6.07) is 12.3. The zero-order chi connectivity index (χ0) is 21.1. The number of ether oxygens (including phenoxy) is 2. The van der Waals surface area contributed by atoms with Crippen LogP contribution in [-0.4, -0.2) is 49.8 Å². The number of carbonyl (C=O) groups is 1. The number of aromatic nitrogens is 1. The third-order valence-electron chi connectivity index (χ3n) is 5.66. The van der Waals surface area contributed by atoms with Crippen molar-refractivity contribution in [2.75, 3.05) is 34.0 Å². The van der Waals surface area contributed by atoms with E-state index in [-0.39, 0.29) is 18.6 Å². The molecular weight excluding hydrogens is 378 g/mol. The smallest absolute Gasteiger partial charge is 0.231 e. The molecular formula is C24H29N3O3. The molecule has 0 bridgehead atoms. The maximum absolute atomic E-state index is 12.8. The summed E-state index contributed by atoms with van der Waals surface area (Å²) in [6.45, 7) is 3.84. The lowest BCUT2D eigenvalue weighted by atomic mass is 9.87. The number of hydrogen-bond donors (Lipinski definition) is 2. The molecule has 0 spiro atoms. The van der Waals surface area contributed by atoms with E-state index in [0.717, 1.165) is 46.5 Å². The fourth-order valence-electron chi connectivity index (χ4n) is 4.04.